The number of carbonyl (C=O) groups is 1. The van der Waals surface area contributed by atoms with Crippen molar-refractivity contribution in [2.75, 3.05) is 0 Å². The molecule has 2 atom stereocenters. The van der Waals surface area contributed by atoms with Crippen LogP contribution >= 0.6 is 0 Å². The number of hydrogen-bond acceptors (Lipinski definition) is 3. The third kappa shape index (κ3) is 1.94. The van der Waals surface area contributed by atoms with E-state index in [1.165, 1.54) is 6.07 Å². The highest BCUT2D eigenvalue weighted by Gasteiger charge is 2.40. The van der Waals surface area contributed by atoms with Gasteiger partial charge in [-0.25, -0.2) is 13.1 Å². The SMILES string of the molecule is CCC(C(=O)O)C1NS(=O)(=O)c2ccccc21. The molecule has 0 amide bonds. The first-order chi connectivity index (χ1) is 7.97. The van der Waals surface area contributed by atoms with Crippen LogP contribution in [0.1, 0.15) is 24.9 Å². The predicted octanol–water partition coefficient (Wildman–Crippen LogP) is 1.13. The molecule has 0 spiro atoms. The van der Waals surface area contributed by atoms with Crippen molar-refractivity contribution in [3.8, 4) is 0 Å². The van der Waals surface area contributed by atoms with Crippen molar-refractivity contribution in [1.29, 1.82) is 0 Å². The number of hydrogen-bond donors (Lipinski definition) is 2. The Labute approximate surface area is 99.5 Å². The van der Waals surface area contributed by atoms with E-state index in [1.807, 2.05) is 0 Å². The van der Waals surface area contributed by atoms with Gasteiger partial charge in [-0.2, -0.15) is 0 Å². The average molecular weight is 255 g/mol. The summed E-state index contributed by atoms with van der Waals surface area (Å²) >= 11 is 0. The minimum absolute atomic E-state index is 0.185. The van der Waals surface area contributed by atoms with Gasteiger partial charge in [-0.3, -0.25) is 4.79 Å². The molecule has 2 N–H and O–H groups in total. The lowest BCUT2D eigenvalue weighted by Gasteiger charge is -2.17. The molecule has 6 heteroatoms. The van der Waals surface area contributed by atoms with E-state index < -0.39 is 28.0 Å². The zero-order valence-electron chi connectivity index (χ0n) is 9.25. The van der Waals surface area contributed by atoms with Crippen LogP contribution in [0.15, 0.2) is 29.2 Å². The van der Waals surface area contributed by atoms with Crippen LogP contribution in [0.4, 0.5) is 0 Å². The smallest absolute Gasteiger partial charge is 0.308 e. The first-order valence-electron chi connectivity index (χ1n) is 5.31. The molecule has 1 aliphatic heterocycles. The third-order valence-electron chi connectivity index (χ3n) is 2.99. The summed E-state index contributed by atoms with van der Waals surface area (Å²) in [4.78, 5) is 11.3. The van der Waals surface area contributed by atoms with Crippen molar-refractivity contribution in [3.63, 3.8) is 0 Å². The van der Waals surface area contributed by atoms with Crippen LogP contribution in [-0.4, -0.2) is 19.5 Å². The molecule has 1 aromatic rings. The Morgan fingerprint density at radius 3 is 2.71 bits per heavy atom. The van der Waals surface area contributed by atoms with Gasteiger partial charge in [-0.1, -0.05) is 25.1 Å². The van der Waals surface area contributed by atoms with Crippen LogP contribution in [-0.2, 0) is 14.8 Å². The molecule has 1 aliphatic rings. The zero-order valence-corrected chi connectivity index (χ0v) is 10.1. The lowest BCUT2D eigenvalue weighted by atomic mass is 9.92. The molecule has 1 aromatic carbocycles. The van der Waals surface area contributed by atoms with Gasteiger partial charge >= 0.3 is 5.97 Å². The number of nitrogens with one attached hydrogen (secondary N) is 1. The summed E-state index contributed by atoms with van der Waals surface area (Å²) in [5.41, 5.74) is 0.543. The van der Waals surface area contributed by atoms with Gasteiger partial charge < -0.3 is 5.11 Å². The molecule has 0 aliphatic carbocycles. The molecule has 0 saturated heterocycles. The Bertz CT molecular complexity index is 552. The van der Waals surface area contributed by atoms with Crippen LogP contribution in [0.3, 0.4) is 0 Å². The monoisotopic (exact) mass is 255 g/mol. The van der Waals surface area contributed by atoms with Crippen LogP contribution in [0, 0.1) is 5.92 Å². The number of carboxylic acids is 1. The van der Waals surface area contributed by atoms with Crippen molar-refractivity contribution >= 4 is 16.0 Å². The van der Waals surface area contributed by atoms with Crippen molar-refractivity contribution < 1.29 is 18.3 Å². The topological polar surface area (TPSA) is 83.5 Å². The fourth-order valence-corrected chi connectivity index (χ4v) is 3.64. The van der Waals surface area contributed by atoms with E-state index in [2.05, 4.69) is 4.72 Å². The Morgan fingerprint density at radius 1 is 1.47 bits per heavy atom. The number of carboxylic acid groups (broad SMARTS) is 1. The highest BCUT2D eigenvalue weighted by Crippen LogP contribution is 2.36. The summed E-state index contributed by atoms with van der Waals surface area (Å²) in [5.74, 6) is -1.73. The molecule has 17 heavy (non-hydrogen) atoms. The quantitative estimate of drug-likeness (QED) is 0.848. The van der Waals surface area contributed by atoms with Gasteiger partial charge in [-0.15, -0.1) is 0 Å². The van der Waals surface area contributed by atoms with E-state index in [9.17, 15) is 13.2 Å². The summed E-state index contributed by atoms with van der Waals surface area (Å²) in [6.45, 7) is 1.73. The second kappa shape index (κ2) is 4.12. The lowest BCUT2D eigenvalue weighted by Crippen LogP contribution is -2.30. The Balaban J connectivity index is 2.51. The van der Waals surface area contributed by atoms with Gasteiger partial charge in [-0.05, 0) is 18.1 Å². The molecular formula is C11H13NO4S. The van der Waals surface area contributed by atoms with Crippen LogP contribution in [0.2, 0.25) is 0 Å². The molecule has 0 saturated carbocycles. The van der Waals surface area contributed by atoms with Crippen LogP contribution in [0.5, 0.6) is 0 Å². The highest BCUT2D eigenvalue weighted by atomic mass is 32.2. The number of benzene rings is 1. The van der Waals surface area contributed by atoms with Crippen molar-refractivity contribution in [3.05, 3.63) is 29.8 Å². The number of fused-ring (bicyclic) bond motifs is 1. The number of rotatable bonds is 3. The maximum Gasteiger partial charge on any atom is 0.308 e. The molecule has 92 valence electrons. The van der Waals surface area contributed by atoms with E-state index in [-0.39, 0.29) is 4.90 Å². The molecule has 0 aromatic heterocycles. The van der Waals surface area contributed by atoms with Gasteiger partial charge in [0, 0.05) is 0 Å². The molecule has 0 radical (unpaired) electrons. The second-order valence-electron chi connectivity index (χ2n) is 3.99. The van der Waals surface area contributed by atoms with Gasteiger partial charge in [0.05, 0.1) is 16.9 Å². The summed E-state index contributed by atoms with van der Waals surface area (Å²) in [6.07, 6.45) is 0.372. The Morgan fingerprint density at radius 2 is 2.12 bits per heavy atom. The summed E-state index contributed by atoms with van der Waals surface area (Å²) < 4.78 is 26.0. The molecule has 1 heterocycles. The van der Waals surface area contributed by atoms with Gasteiger partial charge in [0.2, 0.25) is 10.0 Å². The summed E-state index contributed by atoms with van der Waals surface area (Å²) in [5, 5.41) is 9.09. The lowest BCUT2D eigenvalue weighted by molar-refractivity contribution is -0.142. The molecule has 2 rings (SSSR count). The third-order valence-corrected chi connectivity index (χ3v) is 4.50. The van der Waals surface area contributed by atoms with Gasteiger partial charge in [0.15, 0.2) is 0 Å². The molecule has 0 fully saturated rings. The van der Waals surface area contributed by atoms with Gasteiger partial charge in [0.25, 0.3) is 0 Å². The van der Waals surface area contributed by atoms with E-state index in [4.69, 9.17) is 5.11 Å². The fourth-order valence-electron chi connectivity index (χ4n) is 2.13. The van der Waals surface area contributed by atoms with E-state index >= 15 is 0 Å². The van der Waals surface area contributed by atoms with E-state index in [0.29, 0.717) is 12.0 Å². The maximum atomic E-state index is 11.8. The minimum atomic E-state index is -3.56. The largest absolute Gasteiger partial charge is 0.481 e. The molecule has 0 bridgehead atoms. The van der Waals surface area contributed by atoms with Crippen molar-refractivity contribution in [2.45, 2.75) is 24.3 Å². The average Bonchev–Trinajstić information content (AvgIpc) is 2.53. The second-order valence-corrected chi connectivity index (χ2v) is 5.67. The Hall–Kier alpha value is -1.40. The highest BCUT2D eigenvalue weighted by molar-refractivity contribution is 7.89. The Kier molecular flexibility index (Phi) is 2.92. The molecule has 2 unspecified atom stereocenters. The number of sulfonamides is 1. The van der Waals surface area contributed by atoms with E-state index in [1.54, 1.807) is 25.1 Å². The molecule has 5 nitrogen and oxygen atoms in total. The van der Waals surface area contributed by atoms with Crippen LogP contribution < -0.4 is 4.72 Å². The van der Waals surface area contributed by atoms with Crippen molar-refractivity contribution in [1.82, 2.24) is 4.72 Å². The predicted molar refractivity (Wildman–Crippen MR) is 60.9 cm³/mol. The minimum Gasteiger partial charge on any atom is -0.481 e. The van der Waals surface area contributed by atoms with Crippen LogP contribution in [0.25, 0.3) is 0 Å². The first-order valence-corrected chi connectivity index (χ1v) is 6.79. The first kappa shape index (κ1) is 12.1. The molecular weight excluding hydrogens is 242 g/mol. The standard InChI is InChI=1S/C11H13NO4S/c1-2-7(11(13)14)10-8-5-3-4-6-9(8)17(15,16)12-10/h3-7,10,12H,2H2,1H3,(H,13,14). The summed E-state index contributed by atoms with van der Waals surface area (Å²) in [7, 11) is -3.56. The van der Waals surface area contributed by atoms with E-state index in [0.717, 1.165) is 0 Å². The normalized spacial score (nSPS) is 23.0. The fraction of sp³-hybridized carbons (Fsp3) is 0.364. The summed E-state index contributed by atoms with van der Waals surface area (Å²) in [6, 6.07) is 5.82. The van der Waals surface area contributed by atoms with Gasteiger partial charge in [0.1, 0.15) is 0 Å². The zero-order chi connectivity index (χ0) is 12.6. The number of aliphatic carboxylic acids is 1. The maximum absolute atomic E-state index is 11.8. The van der Waals surface area contributed by atoms with Crippen molar-refractivity contribution in [2.24, 2.45) is 5.92 Å².